The molecule has 0 bridgehead atoms. The quantitative estimate of drug-likeness (QED) is 0.858. The number of carbonyl (C=O) groups is 3. The maximum Gasteiger partial charge on any atom is 0.252 e. The minimum absolute atomic E-state index is 0.0170. The molecule has 1 aliphatic heterocycles. The minimum Gasteiger partial charge on any atom is -0.340 e. The molecule has 1 aliphatic carbocycles. The van der Waals surface area contributed by atoms with Crippen molar-refractivity contribution in [3.05, 3.63) is 35.4 Å². The number of hydrogen-bond donors (Lipinski definition) is 1. The summed E-state index contributed by atoms with van der Waals surface area (Å²) >= 11 is 0. The number of nitrogens with one attached hydrogen (secondary N) is 1. The number of hydrogen-bond acceptors (Lipinski definition) is 3. The van der Waals surface area contributed by atoms with Crippen LogP contribution < -0.4 is 5.32 Å². The van der Waals surface area contributed by atoms with Crippen molar-refractivity contribution in [2.24, 2.45) is 11.8 Å². The van der Waals surface area contributed by atoms with Crippen molar-refractivity contribution in [2.45, 2.75) is 39.7 Å². The molecule has 0 aromatic heterocycles. The second-order valence-electron chi connectivity index (χ2n) is 7.93. The van der Waals surface area contributed by atoms with E-state index in [0.717, 1.165) is 18.4 Å². The molecule has 146 valence electrons. The summed E-state index contributed by atoms with van der Waals surface area (Å²) in [5, 5.41) is 2.92. The zero-order valence-corrected chi connectivity index (χ0v) is 16.4. The molecular formula is C21H29N3O3. The molecule has 2 fully saturated rings. The SMILES string of the molecule is Cc1ccccc1C(=O)NC(C(=O)N1CCN(C(=O)C2CC2)CC1)C(C)C. The van der Waals surface area contributed by atoms with Crippen LogP contribution in [0.4, 0.5) is 0 Å². The number of rotatable bonds is 5. The molecule has 1 atom stereocenters. The summed E-state index contributed by atoms with van der Waals surface area (Å²) in [5.41, 5.74) is 1.48. The molecule has 27 heavy (non-hydrogen) atoms. The molecule has 3 amide bonds. The van der Waals surface area contributed by atoms with Gasteiger partial charge in [0.2, 0.25) is 11.8 Å². The molecule has 3 rings (SSSR count). The van der Waals surface area contributed by atoms with Crippen molar-refractivity contribution in [1.29, 1.82) is 0 Å². The Balaban J connectivity index is 1.61. The molecule has 0 radical (unpaired) electrons. The van der Waals surface area contributed by atoms with Gasteiger partial charge in [0.1, 0.15) is 6.04 Å². The number of amides is 3. The van der Waals surface area contributed by atoms with Crippen LogP contribution in [0.15, 0.2) is 24.3 Å². The molecule has 1 aromatic carbocycles. The molecule has 1 heterocycles. The molecule has 6 nitrogen and oxygen atoms in total. The van der Waals surface area contributed by atoms with Crippen molar-refractivity contribution in [2.75, 3.05) is 26.2 Å². The van der Waals surface area contributed by atoms with Gasteiger partial charge in [-0.2, -0.15) is 0 Å². The zero-order chi connectivity index (χ0) is 19.6. The standard InChI is InChI=1S/C21H29N3O3/c1-14(2)18(22-19(25)17-7-5-4-6-15(17)3)21(27)24-12-10-23(11-13-24)20(26)16-8-9-16/h4-7,14,16,18H,8-13H2,1-3H3,(H,22,25). The van der Waals surface area contributed by atoms with E-state index in [9.17, 15) is 14.4 Å². The Bertz CT molecular complexity index is 719. The van der Waals surface area contributed by atoms with E-state index in [2.05, 4.69) is 5.32 Å². The first-order valence-corrected chi connectivity index (χ1v) is 9.82. The van der Waals surface area contributed by atoms with Crippen molar-refractivity contribution in [3.8, 4) is 0 Å². The van der Waals surface area contributed by atoms with Crippen molar-refractivity contribution in [3.63, 3.8) is 0 Å². The Hall–Kier alpha value is -2.37. The average Bonchev–Trinajstić information content (AvgIpc) is 3.50. The van der Waals surface area contributed by atoms with Gasteiger partial charge in [-0.25, -0.2) is 0 Å². The van der Waals surface area contributed by atoms with E-state index in [0.29, 0.717) is 31.7 Å². The predicted octanol–water partition coefficient (Wildman–Crippen LogP) is 1.83. The maximum absolute atomic E-state index is 13.0. The monoisotopic (exact) mass is 371 g/mol. The zero-order valence-electron chi connectivity index (χ0n) is 16.4. The molecule has 1 unspecified atom stereocenters. The van der Waals surface area contributed by atoms with Crippen LogP contribution in [0, 0.1) is 18.8 Å². The summed E-state index contributed by atoms with van der Waals surface area (Å²) in [5.74, 6) is 0.143. The normalized spacial score (nSPS) is 18.4. The van der Waals surface area contributed by atoms with Gasteiger partial charge in [0, 0.05) is 37.7 Å². The summed E-state index contributed by atoms with van der Waals surface area (Å²) in [7, 11) is 0. The van der Waals surface area contributed by atoms with Crippen LogP contribution in [-0.4, -0.2) is 59.7 Å². The fourth-order valence-electron chi connectivity index (χ4n) is 3.49. The second kappa shape index (κ2) is 8.11. The highest BCUT2D eigenvalue weighted by molar-refractivity contribution is 5.98. The van der Waals surface area contributed by atoms with Gasteiger partial charge in [-0.1, -0.05) is 32.0 Å². The van der Waals surface area contributed by atoms with E-state index in [1.54, 1.807) is 11.0 Å². The van der Waals surface area contributed by atoms with E-state index in [1.807, 2.05) is 43.9 Å². The number of piperazine rings is 1. The summed E-state index contributed by atoms with van der Waals surface area (Å²) in [6.07, 6.45) is 2.00. The van der Waals surface area contributed by atoms with Crippen LogP contribution in [0.5, 0.6) is 0 Å². The second-order valence-corrected chi connectivity index (χ2v) is 7.93. The van der Waals surface area contributed by atoms with Crippen molar-refractivity contribution >= 4 is 17.7 Å². The van der Waals surface area contributed by atoms with Crippen LogP contribution >= 0.6 is 0 Å². The number of nitrogens with zero attached hydrogens (tertiary/aromatic N) is 2. The van der Waals surface area contributed by atoms with E-state index >= 15 is 0 Å². The van der Waals surface area contributed by atoms with Gasteiger partial charge in [-0.05, 0) is 37.3 Å². The van der Waals surface area contributed by atoms with Crippen molar-refractivity contribution < 1.29 is 14.4 Å². The molecule has 1 N–H and O–H groups in total. The maximum atomic E-state index is 13.0. The van der Waals surface area contributed by atoms with Crippen LogP contribution in [0.1, 0.15) is 42.6 Å². The lowest BCUT2D eigenvalue weighted by Gasteiger charge is -2.37. The van der Waals surface area contributed by atoms with E-state index in [1.165, 1.54) is 0 Å². The third kappa shape index (κ3) is 4.49. The van der Waals surface area contributed by atoms with Gasteiger partial charge in [0.05, 0.1) is 0 Å². The third-order valence-corrected chi connectivity index (χ3v) is 5.44. The number of benzene rings is 1. The molecule has 6 heteroatoms. The lowest BCUT2D eigenvalue weighted by atomic mass is 10.0. The van der Waals surface area contributed by atoms with Gasteiger partial charge in [-0.3, -0.25) is 14.4 Å². The van der Waals surface area contributed by atoms with E-state index < -0.39 is 6.04 Å². The Kier molecular flexibility index (Phi) is 5.82. The molecule has 2 aliphatic rings. The average molecular weight is 371 g/mol. The Morgan fingerprint density at radius 1 is 1.00 bits per heavy atom. The lowest BCUT2D eigenvalue weighted by molar-refractivity contribution is -0.141. The first-order chi connectivity index (χ1) is 12.9. The number of carbonyl (C=O) groups excluding carboxylic acids is 3. The predicted molar refractivity (Wildman–Crippen MR) is 103 cm³/mol. The Morgan fingerprint density at radius 3 is 2.15 bits per heavy atom. The smallest absolute Gasteiger partial charge is 0.252 e. The summed E-state index contributed by atoms with van der Waals surface area (Å²) in [6.45, 7) is 7.98. The fourth-order valence-corrected chi connectivity index (χ4v) is 3.49. The first kappa shape index (κ1) is 19.4. The first-order valence-electron chi connectivity index (χ1n) is 9.82. The highest BCUT2D eigenvalue weighted by atomic mass is 16.2. The Labute approximate surface area is 160 Å². The lowest BCUT2D eigenvalue weighted by Crippen LogP contribution is -2.57. The van der Waals surface area contributed by atoms with Gasteiger partial charge < -0.3 is 15.1 Å². The minimum atomic E-state index is -0.567. The highest BCUT2D eigenvalue weighted by Gasteiger charge is 2.36. The summed E-state index contributed by atoms with van der Waals surface area (Å²) < 4.78 is 0. The van der Waals surface area contributed by atoms with Crippen LogP contribution in [0.25, 0.3) is 0 Å². The third-order valence-electron chi connectivity index (χ3n) is 5.44. The van der Waals surface area contributed by atoms with Gasteiger partial charge in [-0.15, -0.1) is 0 Å². The van der Waals surface area contributed by atoms with Gasteiger partial charge in [0.25, 0.3) is 5.91 Å². The molecule has 1 saturated carbocycles. The summed E-state index contributed by atoms with van der Waals surface area (Å²) in [6, 6.07) is 6.80. The van der Waals surface area contributed by atoms with E-state index in [-0.39, 0.29) is 29.6 Å². The van der Waals surface area contributed by atoms with Crippen LogP contribution in [0.3, 0.4) is 0 Å². The highest BCUT2D eigenvalue weighted by Crippen LogP contribution is 2.31. The molecule has 1 saturated heterocycles. The van der Waals surface area contributed by atoms with E-state index in [4.69, 9.17) is 0 Å². The van der Waals surface area contributed by atoms with Gasteiger partial charge >= 0.3 is 0 Å². The van der Waals surface area contributed by atoms with Crippen molar-refractivity contribution in [1.82, 2.24) is 15.1 Å². The summed E-state index contributed by atoms with van der Waals surface area (Å²) in [4.78, 5) is 41.5. The Morgan fingerprint density at radius 2 is 1.59 bits per heavy atom. The van der Waals surface area contributed by atoms with Crippen LogP contribution in [-0.2, 0) is 9.59 Å². The largest absolute Gasteiger partial charge is 0.340 e. The molecule has 0 spiro atoms. The molecule has 1 aromatic rings. The molecular weight excluding hydrogens is 342 g/mol. The fraction of sp³-hybridized carbons (Fsp3) is 0.571. The number of aryl methyl sites for hydroxylation is 1. The van der Waals surface area contributed by atoms with Crippen LogP contribution in [0.2, 0.25) is 0 Å². The topological polar surface area (TPSA) is 69.7 Å². The van der Waals surface area contributed by atoms with Gasteiger partial charge in [0.15, 0.2) is 0 Å².